The lowest BCUT2D eigenvalue weighted by atomic mass is 10.1. The van der Waals surface area contributed by atoms with Crippen LogP contribution in [-0.2, 0) is 0 Å². The van der Waals surface area contributed by atoms with Gasteiger partial charge in [0.1, 0.15) is 0 Å². The van der Waals surface area contributed by atoms with Gasteiger partial charge in [-0.05, 0) is 20.0 Å². The Morgan fingerprint density at radius 3 is 2.78 bits per heavy atom. The Labute approximate surface area is 107 Å². The second kappa shape index (κ2) is 4.97. The molecule has 1 aliphatic heterocycles. The second-order valence-electron chi connectivity index (χ2n) is 5.00. The molecular weight excluding hydrogens is 232 g/mol. The number of hydrogen-bond acceptors (Lipinski definition) is 5. The van der Waals surface area contributed by atoms with Crippen LogP contribution in [0.3, 0.4) is 0 Å². The largest absolute Gasteiger partial charge is 0.489 e. The molecule has 2 heterocycles. The zero-order chi connectivity index (χ0) is 13.3. The molecule has 6 heteroatoms. The van der Waals surface area contributed by atoms with E-state index >= 15 is 0 Å². The minimum atomic E-state index is -0.233. The zero-order valence-electron chi connectivity index (χ0n) is 11.3. The highest BCUT2D eigenvalue weighted by Crippen LogP contribution is 2.28. The lowest BCUT2D eigenvalue weighted by Crippen LogP contribution is -2.34. The Kier molecular flexibility index (Phi) is 3.56. The van der Waals surface area contributed by atoms with Gasteiger partial charge in [-0.25, -0.2) is 4.98 Å². The predicted molar refractivity (Wildman–Crippen MR) is 70.3 cm³/mol. The van der Waals surface area contributed by atoms with Crippen LogP contribution in [0.15, 0.2) is 11.1 Å². The molecule has 0 bridgehead atoms. The van der Waals surface area contributed by atoms with Crippen molar-refractivity contribution in [3.63, 3.8) is 0 Å². The van der Waals surface area contributed by atoms with Crippen molar-refractivity contribution in [3.8, 4) is 5.75 Å². The lowest BCUT2D eigenvalue weighted by Gasteiger charge is -2.22. The summed E-state index contributed by atoms with van der Waals surface area (Å²) in [7, 11) is 5.65. The van der Waals surface area contributed by atoms with Gasteiger partial charge in [-0.1, -0.05) is 6.92 Å². The van der Waals surface area contributed by atoms with Crippen LogP contribution in [0.2, 0.25) is 0 Å². The third-order valence-electron chi connectivity index (χ3n) is 3.53. The van der Waals surface area contributed by atoms with E-state index in [1.54, 1.807) is 0 Å². The monoisotopic (exact) mass is 252 g/mol. The van der Waals surface area contributed by atoms with Crippen LogP contribution in [0.25, 0.3) is 0 Å². The molecule has 1 aliphatic rings. The van der Waals surface area contributed by atoms with Crippen LogP contribution >= 0.6 is 0 Å². The molecule has 0 aliphatic carbocycles. The number of aromatic amines is 1. The van der Waals surface area contributed by atoms with E-state index in [2.05, 4.69) is 40.8 Å². The maximum atomic E-state index is 11.7. The van der Waals surface area contributed by atoms with E-state index in [0.29, 0.717) is 23.5 Å². The van der Waals surface area contributed by atoms with E-state index in [-0.39, 0.29) is 5.56 Å². The second-order valence-corrected chi connectivity index (χ2v) is 5.00. The zero-order valence-corrected chi connectivity index (χ0v) is 11.3. The average molecular weight is 252 g/mol. The molecule has 1 fully saturated rings. The summed E-state index contributed by atoms with van der Waals surface area (Å²) in [6.07, 6.45) is 1.42. The topological polar surface area (TPSA) is 61.5 Å². The molecule has 6 nitrogen and oxygen atoms in total. The van der Waals surface area contributed by atoms with Gasteiger partial charge in [-0.15, -0.1) is 0 Å². The van der Waals surface area contributed by atoms with Gasteiger partial charge in [-0.3, -0.25) is 4.79 Å². The fourth-order valence-corrected chi connectivity index (χ4v) is 2.58. The van der Waals surface area contributed by atoms with E-state index in [0.717, 1.165) is 13.1 Å². The van der Waals surface area contributed by atoms with Crippen LogP contribution in [0.5, 0.6) is 5.75 Å². The number of ether oxygens (including phenoxy) is 1. The molecule has 1 N–H and O–H groups in total. The van der Waals surface area contributed by atoms with Gasteiger partial charge in [-0.2, -0.15) is 0 Å². The van der Waals surface area contributed by atoms with E-state index in [4.69, 9.17) is 4.74 Å². The predicted octanol–water partition coefficient (Wildman–Crippen LogP) is 0.165. The third-order valence-corrected chi connectivity index (χ3v) is 3.53. The normalized spacial score (nSPS) is 23.7. The van der Waals surface area contributed by atoms with Crippen LogP contribution in [0, 0.1) is 5.92 Å². The molecule has 2 unspecified atom stereocenters. The Morgan fingerprint density at radius 2 is 2.22 bits per heavy atom. The number of rotatable bonds is 3. The number of H-pyrrole nitrogens is 1. The minimum absolute atomic E-state index is 0.233. The van der Waals surface area contributed by atoms with Crippen molar-refractivity contribution in [2.75, 3.05) is 39.2 Å². The van der Waals surface area contributed by atoms with Gasteiger partial charge in [0, 0.05) is 19.1 Å². The minimum Gasteiger partial charge on any atom is -0.489 e. The van der Waals surface area contributed by atoms with Crippen molar-refractivity contribution < 1.29 is 4.74 Å². The number of hydrogen-bond donors (Lipinski definition) is 1. The molecule has 0 amide bonds. The molecule has 100 valence electrons. The first-order valence-electron chi connectivity index (χ1n) is 6.07. The summed E-state index contributed by atoms with van der Waals surface area (Å²) in [5.74, 6) is 1.47. The number of aromatic nitrogens is 2. The first-order valence-corrected chi connectivity index (χ1v) is 6.07. The van der Waals surface area contributed by atoms with Crippen molar-refractivity contribution in [1.29, 1.82) is 0 Å². The van der Waals surface area contributed by atoms with Crippen molar-refractivity contribution in [1.82, 2.24) is 14.9 Å². The van der Waals surface area contributed by atoms with Crippen molar-refractivity contribution >= 4 is 5.82 Å². The van der Waals surface area contributed by atoms with Gasteiger partial charge >= 0.3 is 0 Å². The highest BCUT2D eigenvalue weighted by atomic mass is 16.5. The van der Waals surface area contributed by atoms with E-state index in [9.17, 15) is 4.79 Å². The summed E-state index contributed by atoms with van der Waals surface area (Å²) >= 11 is 0. The molecule has 2 atom stereocenters. The molecule has 18 heavy (non-hydrogen) atoms. The molecule has 0 saturated carbocycles. The van der Waals surface area contributed by atoms with Crippen LogP contribution in [-0.4, -0.2) is 55.2 Å². The standard InChI is InChI=1S/C12H20N4O2/c1-8-5-16(6-9(8)15(2)3)11-10(18-4)12(17)14-7-13-11/h7-9H,5-6H2,1-4H3,(H,13,14,17). The molecule has 2 rings (SSSR count). The van der Waals surface area contributed by atoms with Gasteiger partial charge in [0.2, 0.25) is 5.75 Å². The highest BCUT2D eigenvalue weighted by molar-refractivity contribution is 5.51. The highest BCUT2D eigenvalue weighted by Gasteiger charge is 2.33. The SMILES string of the molecule is COc1c(N2CC(C)C(N(C)C)C2)nc[nH]c1=O. The van der Waals surface area contributed by atoms with Crippen LogP contribution < -0.4 is 15.2 Å². The first-order chi connectivity index (χ1) is 8.54. The Bertz CT molecular complexity index is 471. The quantitative estimate of drug-likeness (QED) is 0.830. The Balaban J connectivity index is 2.29. The smallest absolute Gasteiger partial charge is 0.295 e. The Hall–Kier alpha value is -1.56. The number of anilines is 1. The van der Waals surface area contributed by atoms with Gasteiger partial charge < -0.3 is 19.5 Å². The van der Waals surface area contributed by atoms with Crippen LogP contribution in [0.4, 0.5) is 5.82 Å². The first kappa shape index (κ1) is 12.9. The fourth-order valence-electron chi connectivity index (χ4n) is 2.58. The third kappa shape index (κ3) is 2.20. The van der Waals surface area contributed by atoms with E-state index in [1.165, 1.54) is 13.4 Å². The molecular formula is C12H20N4O2. The summed E-state index contributed by atoms with van der Waals surface area (Å²) in [6, 6.07) is 0.468. The summed E-state index contributed by atoms with van der Waals surface area (Å²) in [6.45, 7) is 3.96. The summed E-state index contributed by atoms with van der Waals surface area (Å²) in [5, 5.41) is 0. The summed E-state index contributed by atoms with van der Waals surface area (Å²) in [4.78, 5) is 22.8. The maximum Gasteiger partial charge on any atom is 0.295 e. The fraction of sp³-hybridized carbons (Fsp3) is 0.667. The lowest BCUT2D eigenvalue weighted by molar-refractivity contribution is 0.266. The van der Waals surface area contributed by atoms with Gasteiger partial charge in [0.15, 0.2) is 5.82 Å². The molecule has 0 aromatic carbocycles. The molecule has 1 aromatic rings. The van der Waals surface area contributed by atoms with E-state index in [1.807, 2.05) is 0 Å². The molecule has 1 aromatic heterocycles. The Morgan fingerprint density at radius 1 is 1.50 bits per heavy atom. The van der Waals surface area contributed by atoms with Gasteiger partial charge in [0.05, 0.1) is 13.4 Å². The molecule has 0 spiro atoms. The number of nitrogens with one attached hydrogen (secondary N) is 1. The summed E-state index contributed by atoms with van der Waals surface area (Å²) in [5.41, 5.74) is -0.233. The molecule has 0 radical (unpaired) electrons. The van der Waals surface area contributed by atoms with Gasteiger partial charge in [0.25, 0.3) is 5.56 Å². The maximum absolute atomic E-state index is 11.7. The van der Waals surface area contributed by atoms with E-state index < -0.39 is 0 Å². The van der Waals surface area contributed by atoms with Crippen molar-refractivity contribution in [2.24, 2.45) is 5.92 Å². The summed E-state index contributed by atoms with van der Waals surface area (Å²) < 4.78 is 5.16. The van der Waals surface area contributed by atoms with Crippen LogP contribution in [0.1, 0.15) is 6.92 Å². The van der Waals surface area contributed by atoms with Crippen molar-refractivity contribution in [3.05, 3.63) is 16.7 Å². The number of methoxy groups -OCH3 is 1. The number of nitrogens with zero attached hydrogens (tertiary/aromatic N) is 3. The average Bonchev–Trinajstić information content (AvgIpc) is 2.71. The molecule has 1 saturated heterocycles. The van der Waals surface area contributed by atoms with Crippen molar-refractivity contribution in [2.45, 2.75) is 13.0 Å². The number of likely N-dealkylation sites (N-methyl/N-ethyl adjacent to an activating group) is 1.